The molecule has 0 saturated heterocycles. The van der Waals surface area contributed by atoms with Crippen LogP contribution in [-0.4, -0.2) is 24.5 Å². The zero-order chi connectivity index (χ0) is 18.6. The lowest BCUT2D eigenvalue weighted by atomic mass is 10.1. The van der Waals surface area contributed by atoms with E-state index in [0.717, 1.165) is 22.6 Å². The lowest BCUT2D eigenvalue weighted by Gasteiger charge is -2.24. The molecular formula is C20H23ClN2O2. The van der Waals surface area contributed by atoms with Gasteiger partial charge in [-0.15, -0.1) is 0 Å². The maximum atomic E-state index is 12.1. The first-order valence-corrected chi connectivity index (χ1v) is 8.41. The summed E-state index contributed by atoms with van der Waals surface area (Å²) in [6.07, 6.45) is -0.388. The second kappa shape index (κ2) is 7.70. The van der Waals surface area contributed by atoms with Crippen molar-refractivity contribution in [2.75, 3.05) is 11.9 Å². The van der Waals surface area contributed by atoms with Crippen LogP contribution in [0.15, 0.2) is 53.5 Å². The number of carbonyl (C=O) groups excluding carboxylic acids is 1. The molecule has 0 bridgehead atoms. The molecule has 2 aromatic carbocycles. The van der Waals surface area contributed by atoms with Gasteiger partial charge in [-0.05, 0) is 69.7 Å². The van der Waals surface area contributed by atoms with Crippen molar-refractivity contribution in [1.29, 1.82) is 0 Å². The van der Waals surface area contributed by atoms with Crippen molar-refractivity contribution < 1.29 is 9.53 Å². The first-order valence-electron chi connectivity index (χ1n) is 8.04. The Labute approximate surface area is 154 Å². The van der Waals surface area contributed by atoms with Gasteiger partial charge in [0.25, 0.3) is 0 Å². The molecule has 1 amide bonds. The molecule has 132 valence electrons. The van der Waals surface area contributed by atoms with Gasteiger partial charge in [0, 0.05) is 23.5 Å². The summed E-state index contributed by atoms with van der Waals surface area (Å²) in [6.45, 7) is 7.48. The van der Waals surface area contributed by atoms with E-state index in [1.54, 1.807) is 7.05 Å². The highest BCUT2D eigenvalue weighted by Crippen LogP contribution is 2.22. The number of hydrogen-bond acceptors (Lipinski definition) is 3. The number of ether oxygens (including phenoxy) is 1. The summed E-state index contributed by atoms with van der Waals surface area (Å²) < 4.78 is 5.36. The van der Waals surface area contributed by atoms with Crippen LogP contribution >= 0.6 is 11.6 Å². The quantitative estimate of drug-likeness (QED) is 0.645. The molecule has 0 heterocycles. The van der Waals surface area contributed by atoms with Crippen LogP contribution in [0.4, 0.5) is 16.2 Å². The lowest BCUT2D eigenvalue weighted by molar-refractivity contribution is 0.0589. The minimum Gasteiger partial charge on any atom is -0.443 e. The Morgan fingerprint density at radius 1 is 1.04 bits per heavy atom. The zero-order valence-electron chi connectivity index (χ0n) is 15.2. The summed E-state index contributed by atoms with van der Waals surface area (Å²) in [7, 11) is 1.69. The van der Waals surface area contributed by atoms with Gasteiger partial charge in [0.15, 0.2) is 0 Å². The van der Waals surface area contributed by atoms with Crippen LogP contribution in [0, 0.1) is 0 Å². The molecule has 0 aliphatic carbocycles. The summed E-state index contributed by atoms with van der Waals surface area (Å²) in [5.74, 6) is 0. The number of halogens is 1. The third kappa shape index (κ3) is 5.61. The second-order valence-corrected chi connectivity index (χ2v) is 7.20. The molecule has 0 aromatic heterocycles. The van der Waals surface area contributed by atoms with E-state index in [9.17, 15) is 4.79 Å². The fourth-order valence-electron chi connectivity index (χ4n) is 2.14. The minimum absolute atomic E-state index is 0.388. The third-order valence-electron chi connectivity index (χ3n) is 3.46. The highest BCUT2D eigenvalue weighted by molar-refractivity contribution is 6.30. The van der Waals surface area contributed by atoms with E-state index in [4.69, 9.17) is 16.3 Å². The Bertz CT molecular complexity index is 760. The Morgan fingerprint density at radius 2 is 1.60 bits per heavy atom. The van der Waals surface area contributed by atoms with Crippen LogP contribution < -0.4 is 4.90 Å². The fraction of sp³-hybridized carbons (Fsp3) is 0.300. The molecule has 0 atom stereocenters. The van der Waals surface area contributed by atoms with Crippen LogP contribution in [-0.2, 0) is 4.74 Å². The van der Waals surface area contributed by atoms with E-state index in [-0.39, 0.29) is 6.09 Å². The van der Waals surface area contributed by atoms with Crippen molar-refractivity contribution in [3.8, 4) is 0 Å². The van der Waals surface area contributed by atoms with Crippen molar-refractivity contribution in [2.24, 2.45) is 4.99 Å². The molecule has 4 nitrogen and oxygen atoms in total. The van der Waals surface area contributed by atoms with Crippen LogP contribution in [0.25, 0.3) is 0 Å². The molecule has 0 unspecified atom stereocenters. The average molecular weight is 359 g/mol. The number of rotatable bonds is 3. The van der Waals surface area contributed by atoms with Crippen LogP contribution in [0.5, 0.6) is 0 Å². The van der Waals surface area contributed by atoms with Gasteiger partial charge < -0.3 is 4.74 Å². The summed E-state index contributed by atoms with van der Waals surface area (Å²) in [5, 5.41) is 0.700. The SMILES string of the molecule is C/C(=N\c1ccc(N(C)C(=O)OC(C)(C)C)cc1)c1ccc(Cl)cc1. The molecule has 2 aromatic rings. The van der Waals surface area contributed by atoms with Crippen molar-refractivity contribution in [2.45, 2.75) is 33.3 Å². The highest BCUT2D eigenvalue weighted by atomic mass is 35.5. The topological polar surface area (TPSA) is 41.9 Å². The maximum absolute atomic E-state index is 12.1. The Morgan fingerprint density at radius 3 is 2.12 bits per heavy atom. The maximum Gasteiger partial charge on any atom is 0.414 e. The standard InChI is InChI=1S/C20H23ClN2O2/c1-14(15-6-8-16(21)9-7-15)22-17-10-12-18(13-11-17)23(5)19(24)25-20(2,3)4/h6-13H,1-5H3/b22-14+. The van der Waals surface area contributed by atoms with Gasteiger partial charge >= 0.3 is 6.09 Å². The van der Waals surface area contributed by atoms with Crippen molar-refractivity contribution in [3.63, 3.8) is 0 Å². The van der Waals surface area contributed by atoms with Crippen LogP contribution in [0.3, 0.4) is 0 Å². The van der Waals surface area contributed by atoms with Crippen LogP contribution in [0.2, 0.25) is 5.02 Å². The molecular weight excluding hydrogens is 336 g/mol. The van der Waals surface area contributed by atoms with Crippen molar-refractivity contribution in [1.82, 2.24) is 0 Å². The Kier molecular flexibility index (Phi) is 5.85. The van der Waals surface area contributed by atoms with Gasteiger partial charge in [0.05, 0.1) is 5.69 Å². The van der Waals surface area contributed by atoms with Crippen molar-refractivity contribution >= 4 is 34.8 Å². The number of amides is 1. The number of benzene rings is 2. The number of carbonyl (C=O) groups is 1. The first kappa shape index (κ1) is 19.0. The molecule has 0 aliphatic heterocycles. The minimum atomic E-state index is -0.523. The average Bonchev–Trinajstić information content (AvgIpc) is 2.54. The smallest absolute Gasteiger partial charge is 0.414 e. The van der Waals surface area contributed by atoms with E-state index in [1.807, 2.05) is 76.2 Å². The summed E-state index contributed by atoms with van der Waals surface area (Å²) >= 11 is 5.91. The van der Waals surface area contributed by atoms with Gasteiger partial charge in [-0.3, -0.25) is 9.89 Å². The summed E-state index contributed by atoms with van der Waals surface area (Å²) in [4.78, 5) is 18.2. The third-order valence-corrected chi connectivity index (χ3v) is 3.72. The van der Waals surface area contributed by atoms with E-state index in [0.29, 0.717) is 5.02 Å². The molecule has 0 radical (unpaired) electrons. The molecule has 5 heteroatoms. The van der Waals surface area contributed by atoms with Gasteiger partial charge in [-0.25, -0.2) is 4.79 Å². The van der Waals surface area contributed by atoms with E-state index >= 15 is 0 Å². The monoisotopic (exact) mass is 358 g/mol. The molecule has 0 saturated carbocycles. The number of hydrogen-bond donors (Lipinski definition) is 0. The first-order chi connectivity index (χ1) is 11.7. The molecule has 25 heavy (non-hydrogen) atoms. The van der Waals surface area contributed by atoms with Gasteiger partial charge in [-0.1, -0.05) is 23.7 Å². The van der Waals surface area contributed by atoms with Gasteiger partial charge in [0.2, 0.25) is 0 Å². The normalized spacial score (nSPS) is 12.0. The largest absolute Gasteiger partial charge is 0.443 e. The number of nitrogens with zero attached hydrogens (tertiary/aromatic N) is 2. The Balaban J connectivity index is 2.12. The number of anilines is 1. The predicted octanol–water partition coefficient (Wildman–Crippen LogP) is 5.85. The zero-order valence-corrected chi connectivity index (χ0v) is 16.0. The Hall–Kier alpha value is -2.33. The van der Waals surface area contributed by atoms with Gasteiger partial charge in [-0.2, -0.15) is 0 Å². The van der Waals surface area contributed by atoms with Crippen LogP contribution in [0.1, 0.15) is 33.3 Å². The van der Waals surface area contributed by atoms with E-state index in [2.05, 4.69) is 4.99 Å². The predicted molar refractivity (Wildman–Crippen MR) is 104 cm³/mol. The molecule has 0 N–H and O–H groups in total. The summed E-state index contributed by atoms with van der Waals surface area (Å²) in [5.41, 5.74) is 2.95. The fourth-order valence-corrected chi connectivity index (χ4v) is 2.26. The van der Waals surface area contributed by atoms with E-state index < -0.39 is 5.60 Å². The molecule has 0 spiro atoms. The van der Waals surface area contributed by atoms with Gasteiger partial charge in [0.1, 0.15) is 5.60 Å². The lowest BCUT2D eigenvalue weighted by Crippen LogP contribution is -2.34. The molecule has 0 aliphatic rings. The molecule has 2 rings (SSSR count). The molecule has 0 fully saturated rings. The summed E-state index contributed by atoms with van der Waals surface area (Å²) in [6, 6.07) is 15.0. The highest BCUT2D eigenvalue weighted by Gasteiger charge is 2.20. The second-order valence-electron chi connectivity index (χ2n) is 6.76. The number of aliphatic imine (C=N–C) groups is 1. The van der Waals surface area contributed by atoms with Crippen molar-refractivity contribution in [3.05, 3.63) is 59.1 Å². The van der Waals surface area contributed by atoms with E-state index in [1.165, 1.54) is 4.90 Å².